The smallest absolute Gasteiger partial charge is 0.0701 e. The number of aromatic nitrogens is 1. The third-order valence-corrected chi connectivity index (χ3v) is 9.51. The van der Waals surface area contributed by atoms with Crippen LogP contribution >= 0.6 is 0 Å². The number of rotatable bonds is 6. The van der Waals surface area contributed by atoms with E-state index in [2.05, 4.69) is 180 Å². The first-order chi connectivity index (χ1) is 24.3. The first-order valence-corrected chi connectivity index (χ1v) is 16.7. The van der Waals surface area contributed by atoms with Gasteiger partial charge in [-0.2, -0.15) is 0 Å². The Labute approximate surface area is 286 Å². The van der Waals surface area contributed by atoms with Crippen LogP contribution in [0.15, 0.2) is 194 Å². The lowest BCUT2D eigenvalue weighted by atomic mass is 9.85. The van der Waals surface area contributed by atoms with Gasteiger partial charge in [0.15, 0.2) is 0 Å². The molecule has 0 bridgehead atoms. The fourth-order valence-corrected chi connectivity index (χ4v) is 7.29. The van der Waals surface area contributed by atoms with Gasteiger partial charge in [-0.1, -0.05) is 140 Å². The molecule has 1 aromatic heterocycles. The topological polar surface area (TPSA) is 16.1 Å². The Bertz CT molecular complexity index is 2510. The molecule has 0 saturated carbocycles. The van der Waals surface area contributed by atoms with Crippen molar-refractivity contribution in [2.45, 2.75) is 0 Å². The maximum atomic E-state index is 4.54. The zero-order valence-electron chi connectivity index (χ0n) is 26.9. The van der Waals surface area contributed by atoms with Gasteiger partial charge in [0.1, 0.15) is 0 Å². The summed E-state index contributed by atoms with van der Waals surface area (Å²) in [6.07, 6.45) is 1.84. The van der Waals surface area contributed by atoms with Gasteiger partial charge < -0.3 is 4.90 Å². The predicted molar refractivity (Wildman–Crippen MR) is 208 cm³/mol. The summed E-state index contributed by atoms with van der Waals surface area (Å²) in [5.74, 6) is 0. The van der Waals surface area contributed by atoms with Crippen molar-refractivity contribution in [1.29, 1.82) is 0 Å². The number of para-hydroxylation sites is 1. The van der Waals surface area contributed by atoms with Gasteiger partial charge in [-0.15, -0.1) is 0 Å². The lowest BCUT2D eigenvalue weighted by Crippen LogP contribution is -2.09. The van der Waals surface area contributed by atoms with E-state index in [1.54, 1.807) is 0 Å². The zero-order chi connectivity index (χ0) is 32.6. The number of pyridine rings is 1. The van der Waals surface area contributed by atoms with Gasteiger partial charge >= 0.3 is 0 Å². The normalized spacial score (nSPS) is 11.3. The molecule has 0 aliphatic heterocycles. The molecule has 0 amide bonds. The van der Waals surface area contributed by atoms with Gasteiger partial charge in [0.05, 0.1) is 5.69 Å². The van der Waals surface area contributed by atoms with Gasteiger partial charge in [-0.25, -0.2) is 0 Å². The molecule has 9 aromatic rings. The number of hydrogen-bond donors (Lipinski definition) is 0. The van der Waals surface area contributed by atoms with Crippen molar-refractivity contribution in [3.05, 3.63) is 194 Å². The lowest BCUT2D eigenvalue weighted by molar-refractivity contribution is 1.28. The highest BCUT2D eigenvalue weighted by Gasteiger charge is 2.19. The summed E-state index contributed by atoms with van der Waals surface area (Å²) in [6, 6.07) is 67.4. The summed E-state index contributed by atoms with van der Waals surface area (Å²) in [7, 11) is 0. The summed E-state index contributed by atoms with van der Waals surface area (Å²) >= 11 is 0. The minimum Gasteiger partial charge on any atom is -0.311 e. The Morgan fingerprint density at radius 3 is 1.43 bits per heavy atom. The highest BCUT2D eigenvalue weighted by atomic mass is 15.1. The van der Waals surface area contributed by atoms with Crippen LogP contribution in [0.1, 0.15) is 0 Å². The third kappa shape index (κ3) is 5.11. The molecule has 0 aliphatic carbocycles. The van der Waals surface area contributed by atoms with E-state index in [0.717, 1.165) is 28.3 Å². The summed E-state index contributed by atoms with van der Waals surface area (Å²) < 4.78 is 0. The molecule has 0 N–H and O–H groups in total. The number of benzene rings is 8. The molecule has 0 radical (unpaired) electrons. The van der Waals surface area contributed by atoms with Crippen molar-refractivity contribution in [2.24, 2.45) is 0 Å². The molecule has 2 heteroatoms. The molecule has 230 valence electrons. The Kier molecular flexibility index (Phi) is 7.18. The highest BCUT2D eigenvalue weighted by molar-refractivity contribution is 6.23. The van der Waals surface area contributed by atoms with E-state index in [1.165, 1.54) is 54.6 Å². The van der Waals surface area contributed by atoms with Crippen molar-refractivity contribution in [1.82, 2.24) is 4.98 Å². The molecule has 0 unspecified atom stereocenters. The Morgan fingerprint density at radius 2 is 0.816 bits per heavy atom. The van der Waals surface area contributed by atoms with Gasteiger partial charge in [-0.3, -0.25) is 4.98 Å². The van der Waals surface area contributed by atoms with Crippen LogP contribution in [0.25, 0.3) is 65.8 Å². The second-order valence-electron chi connectivity index (χ2n) is 12.3. The first-order valence-electron chi connectivity index (χ1n) is 16.7. The Morgan fingerprint density at radius 1 is 0.327 bits per heavy atom. The summed E-state index contributed by atoms with van der Waals surface area (Å²) in [4.78, 5) is 6.86. The largest absolute Gasteiger partial charge is 0.311 e. The molecule has 9 rings (SSSR count). The molecule has 49 heavy (non-hydrogen) atoms. The lowest BCUT2D eigenvalue weighted by Gasteiger charge is -2.26. The van der Waals surface area contributed by atoms with Crippen molar-refractivity contribution >= 4 is 49.4 Å². The van der Waals surface area contributed by atoms with E-state index < -0.39 is 0 Å². The number of fused-ring (bicyclic) bond motifs is 3. The summed E-state index contributed by atoms with van der Waals surface area (Å²) in [6.45, 7) is 0. The molecule has 8 aromatic carbocycles. The van der Waals surface area contributed by atoms with Crippen molar-refractivity contribution in [3.63, 3.8) is 0 Å². The van der Waals surface area contributed by atoms with Crippen LogP contribution in [0.2, 0.25) is 0 Å². The molecule has 0 spiro atoms. The second-order valence-corrected chi connectivity index (χ2v) is 12.3. The number of anilines is 3. The second kappa shape index (κ2) is 12.3. The van der Waals surface area contributed by atoms with E-state index >= 15 is 0 Å². The maximum Gasteiger partial charge on any atom is 0.0701 e. The third-order valence-electron chi connectivity index (χ3n) is 9.51. The van der Waals surface area contributed by atoms with Crippen LogP contribution in [-0.2, 0) is 0 Å². The molecule has 1 heterocycles. The van der Waals surface area contributed by atoms with Crippen molar-refractivity contribution in [3.8, 4) is 33.5 Å². The fourth-order valence-electron chi connectivity index (χ4n) is 7.29. The molecule has 0 aliphatic rings. The van der Waals surface area contributed by atoms with Crippen LogP contribution in [0.4, 0.5) is 17.1 Å². The minimum absolute atomic E-state index is 0.968. The van der Waals surface area contributed by atoms with Gasteiger partial charge in [0.25, 0.3) is 0 Å². The standard InChI is InChI=1S/C47H32N2/c1-2-15-36(16-3-1)49(37-28-24-34(25-29-37)45-23-10-11-32-48-45)38-30-26-35(27-31-38)46-41-18-6-8-20-43(41)47(44-21-9-7-19-42(44)46)40-22-12-14-33-13-4-5-17-39(33)40/h1-32H. The van der Waals surface area contributed by atoms with Crippen LogP contribution in [0.3, 0.4) is 0 Å². The van der Waals surface area contributed by atoms with E-state index in [9.17, 15) is 0 Å². The Hall–Kier alpha value is -6.51. The molecule has 2 nitrogen and oxygen atoms in total. The quantitative estimate of drug-likeness (QED) is 0.171. The first kappa shape index (κ1) is 28.7. The van der Waals surface area contributed by atoms with Gasteiger partial charge in [0.2, 0.25) is 0 Å². The average Bonchev–Trinajstić information content (AvgIpc) is 3.18. The van der Waals surface area contributed by atoms with Crippen molar-refractivity contribution in [2.75, 3.05) is 4.90 Å². The van der Waals surface area contributed by atoms with Crippen LogP contribution in [0, 0.1) is 0 Å². The molecular weight excluding hydrogens is 593 g/mol. The molecule has 0 atom stereocenters. The molecule has 0 saturated heterocycles. The monoisotopic (exact) mass is 624 g/mol. The SMILES string of the molecule is c1ccc(N(c2ccc(-c3ccccn3)cc2)c2ccc(-c3c4ccccc4c(-c4cccc5ccccc45)c4ccccc34)cc2)cc1. The zero-order valence-corrected chi connectivity index (χ0v) is 26.9. The predicted octanol–water partition coefficient (Wildman–Crippen LogP) is 13.0. The number of nitrogens with zero attached hydrogens (tertiary/aromatic N) is 2. The van der Waals surface area contributed by atoms with E-state index in [-0.39, 0.29) is 0 Å². The average molecular weight is 625 g/mol. The van der Waals surface area contributed by atoms with Gasteiger partial charge in [0, 0.05) is 28.8 Å². The van der Waals surface area contributed by atoms with Crippen molar-refractivity contribution < 1.29 is 0 Å². The van der Waals surface area contributed by atoms with Gasteiger partial charge in [-0.05, 0) is 103 Å². The van der Waals surface area contributed by atoms with E-state index in [4.69, 9.17) is 0 Å². The molecular formula is C47H32N2. The summed E-state index contributed by atoms with van der Waals surface area (Å²) in [5, 5.41) is 7.54. The van der Waals surface area contributed by atoms with E-state index in [1.807, 2.05) is 24.4 Å². The van der Waals surface area contributed by atoms with Crippen LogP contribution < -0.4 is 4.90 Å². The summed E-state index contributed by atoms with van der Waals surface area (Å²) in [5.41, 5.74) is 10.4. The number of hydrogen-bond acceptors (Lipinski definition) is 2. The highest BCUT2D eigenvalue weighted by Crippen LogP contribution is 2.46. The molecule has 0 fully saturated rings. The van der Waals surface area contributed by atoms with Crippen LogP contribution in [0.5, 0.6) is 0 Å². The fraction of sp³-hybridized carbons (Fsp3) is 0. The Balaban J connectivity index is 1.19. The van der Waals surface area contributed by atoms with Crippen LogP contribution in [-0.4, -0.2) is 4.98 Å². The maximum absolute atomic E-state index is 4.54. The van der Waals surface area contributed by atoms with E-state index in [0.29, 0.717) is 0 Å². The minimum atomic E-state index is 0.968.